The first kappa shape index (κ1) is 19.7. The second kappa shape index (κ2) is 7.02. The van der Waals surface area contributed by atoms with E-state index in [0.29, 0.717) is 27.7 Å². The molecular formula is C19H16F2N6O2S. The number of hydrogen-bond acceptors (Lipinski definition) is 7. The second-order valence-electron chi connectivity index (χ2n) is 6.75. The van der Waals surface area contributed by atoms with Crippen LogP contribution in [0.4, 0.5) is 26.2 Å². The zero-order valence-electron chi connectivity index (χ0n) is 15.9. The summed E-state index contributed by atoms with van der Waals surface area (Å²) in [6, 6.07) is 6.87. The Morgan fingerprint density at radius 2 is 1.87 bits per heavy atom. The first-order valence-electron chi connectivity index (χ1n) is 8.67. The van der Waals surface area contributed by atoms with Gasteiger partial charge in [-0.15, -0.1) is 0 Å². The van der Waals surface area contributed by atoms with Gasteiger partial charge in [-0.1, -0.05) is 6.07 Å². The molecule has 0 aliphatic rings. The molecule has 4 rings (SSSR count). The molecule has 2 aromatic heterocycles. The normalized spacial score (nSPS) is 11.7. The van der Waals surface area contributed by atoms with E-state index in [2.05, 4.69) is 25.5 Å². The highest BCUT2D eigenvalue weighted by atomic mass is 32.2. The highest BCUT2D eigenvalue weighted by Gasteiger charge is 2.17. The standard InChI is InChI=1S/C19H16F2N6O2S/c1-9-3-4-10(5-16(9)30(2,28)29)24-19-23-8-12(18(22)25-19)17-11-6-13(20)14(21)7-15(11)26-27-17/h3-8H,1-2H3,(H,26,27)(H3,22,23,24,25). The summed E-state index contributed by atoms with van der Waals surface area (Å²) in [5.41, 5.74) is 8.04. The first-order chi connectivity index (χ1) is 14.1. The van der Waals surface area contributed by atoms with Crippen LogP contribution >= 0.6 is 0 Å². The van der Waals surface area contributed by atoms with Crippen molar-refractivity contribution < 1.29 is 17.2 Å². The number of aromatic amines is 1. The maximum absolute atomic E-state index is 13.6. The molecule has 0 aliphatic heterocycles. The molecule has 0 saturated carbocycles. The molecule has 0 bridgehead atoms. The van der Waals surface area contributed by atoms with Gasteiger partial charge in [-0.25, -0.2) is 22.2 Å². The van der Waals surface area contributed by atoms with E-state index in [1.807, 2.05) is 0 Å². The Hall–Kier alpha value is -3.60. The van der Waals surface area contributed by atoms with E-state index < -0.39 is 21.5 Å². The Labute approximate surface area is 170 Å². The third-order valence-electron chi connectivity index (χ3n) is 4.52. The number of nitrogen functional groups attached to an aromatic ring is 1. The average Bonchev–Trinajstić information content (AvgIpc) is 3.05. The molecule has 30 heavy (non-hydrogen) atoms. The van der Waals surface area contributed by atoms with Crippen molar-refractivity contribution >= 4 is 38.2 Å². The molecule has 2 heterocycles. The monoisotopic (exact) mass is 430 g/mol. The minimum atomic E-state index is -3.39. The summed E-state index contributed by atoms with van der Waals surface area (Å²) in [6.07, 6.45) is 2.53. The molecule has 4 N–H and O–H groups in total. The lowest BCUT2D eigenvalue weighted by atomic mass is 10.1. The topological polar surface area (TPSA) is 127 Å². The fraction of sp³-hybridized carbons (Fsp3) is 0.105. The van der Waals surface area contributed by atoms with Crippen LogP contribution < -0.4 is 11.1 Å². The molecule has 0 aliphatic carbocycles. The SMILES string of the molecule is Cc1ccc(Nc2ncc(-c3n[nH]c4cc(F)c(F)cc34)c(N)n2)cc1S(C)(=O)=O. The van der Waals surface area contributed by atoms with E-state index in [9.17, 15) is 17.2 Å². The predicted octanol–water partition coefficient (Wildman–Crippen LogP) is 3.34. The second-order valence-corrected chi connectivity index (χ2v) is 8.74. The van der Waals surface area contributed by atoms with Gasteiger partial charge in [0, 0.05) is 29.6 Å². The summed E-state index contributed by atoms with van der Waals surface area (Å²) in [7, 11) is -3.39. The number of nitrogens with zero attached hydrogens (tertiary/aromatic N) is 3. The number of sulfone groups is 1. The lowest BCUT2D eigenvalue weighted by Gasteiger charge is -2.10. The third-order valence-corrected chi connectivity index (χ3v) is 5.76. The Kier molecular flexibility index (Phi) is 4.61. The molecule has 0 unspecified atom stereocenters. The van der Waals surface area contributed by atoms with Gasteiger partial charge in [0.15, 0.2) is 21.5 Å². The Morgan fingerprint density at radius 3 is 2.57 bits per heavy atom. The van der Waals surface area contributed by atoms with Crippen LogP contribution in [-0.2, 0) is 9.84 Å². The Morgan fingerprint density at radius 1 is 1.13 bits per heavy atom. The number of aryl methyl sites for hydroxylation is 1. The van der Waals surface area contributed by atoms with Crippen molar-refractivity contribution in [3.8, 4) is 11.3 Å². The minimum Gasteiger partial charge on any atom is -0.383 e. The summed E-state index contributed by atoms with van der Waals surface area (Å²) in [4.78, 5) is 8.54. The van der Waals surface area contributed by atoms with Crippen molar-refractivity contribution in [1.29, 1.82) is 0 Å². The van der Waals surface area contributed by atoms with Crippen LogP contribution in [0.1, 0.15) is 5.56 Å². The van der Waals surface area contributed by atoms with Crippen LogP contribution in [0.5, 0.6) is 0 Å². The van der Waals surface area contributed by atoms with Crippen LogP contribution in [0.2, 0.25) is 0 Å². The van der Waals surface area contributed by atoms with E-state index in [1.54, 1.807) is 19.1 Å². The van der Waals surface area contributed by atoms with Crippen LogP contribution in [-0.4, -0.2) is 34.8 Å². The van der Waals surface area contributed by atoms with E-state index in [0.717, 1.165) is 18.4 Å². The number of hydrogen-bond donors (Lipinski definition) is 3. The Bertz CT molecular complexity index is 1400. The molecule has 11 heteroatoms. The van der Waals surface area contributed by atoms with E-state index in [1.165, 1.54) is 12.3 Å². The fourth-order valence-corrected chi connectivity index (χ4v) is 4.05. The molecule has 0 fully saturated rings. The number of benzene rings is 2. The fourth-order valence-electron chi connectivity index (χ4n) is 3.06. The third kappa shape index (κ3) is 3.54. The maximum atomic E-state index is 13.6. The van der Waals surface area contributed by atoms with Crippen molar-refractivity contribution in [3.05, 3.63) is 53.7 Å². The number of anilines is 3. The van der Waals surface area contributed by atoms with E-state index in [-0.39, 0.29) is 22.4 Å². The number of halogens is 2. The van der Waals surface area contributed by atoms with Crippen molar-refractivity contribution in [1.82, 2.24) is 20.2 Å². The number of nitrogens with two attached hydrogens (primary N) is 1. The number of H-pyrrole nitrogens is 1. The molecule has 0 spiro atoms. The molecule has 0 atom stereocenters. The van der Waals surface area contributed by atoms with Crippen LogP contribution in [0.3, 0.4) is 0 Å². The molecule has 0 radical (unpaired) electrons. The summed E-state index contributed by atoms with van der Waals surface area (Å²) in [5.74, 6) is -1.81. The zero-order chi connectivity index (χ0) is 21.6. The van der Waals surface area contributed by atoms with Crippen molar-refractivity contribution in [2.75, 3.05) is 17.3 Å². The smallest absolute Gasteiger partial charge is 0.229 e. The molecule has 154 valence electrons. The number of nitrogens with one attached hydrogen (secondary N) is 2. The van der Waals surface area contributed by atoms with Gasteiger partial charge in [-0.2, -0.15) is 10.1 Å². The van der Waals surface area contributed by atoms with Crippen molar-refractivity contribution in [2.45, 2.75) is 11.8 Å². The zero-order valence-corrected chi connectivity index (χ0v) is 16.7. The highest BCUT2D eigenvalue weighted by molar-refractivity contribution is 7.90. The molecule has 8 nitrogen and oxygen atoms in total. The highest BCUT2D eigenvalue weighted by Crippen LogP contribution is 2.31. The first-order valence-corrected chi connectivity index (χ1v) is 10.6. The van der Waals surface area contributed by atoms with Gasteiger partial charge in [0.2, 0.25) is 5.95 Å². The number of aromatic nitrogens is 4. The molecule has 2 aromatic carbocycles. The maximum Gasteiger partial charge on any atom is 0.229 e. The van der Waals surface area contributed by atoms with E-state index in [4.69, 9.17) is 5.73 Å². The number of fused-ring (bicyclic) bond motifs is 1. The van der Waals surface area contributed by atoms with Crippen LogP contribution in [0.25, 0.3) is 22.2 Å². The molecular weight excluding hydrogens is 414 g/mol. The summed E-state index contributed by atoms with van der Waals surface area (Å²) < 4.78 is 50.9. The van der Waals surface area contributed by atoms with Crippen molar-refractivity contribution in [3.63, 3.8) is 0 Å². The summed E-state index contributed by atoms with van der Waals surface area (Å²) >= 11 is 0. The lowest BCUT2D eigenvalue weighted by molar-refractivity contribution is 0.511. The van der Waals surface area contributed by atoms with Gasteiger partial charge in [0.1, 0.15) is 11.5 Å². The molecule has 0 saturated heterocycles. The minimum absolute atomic E-state index is 0.0566. The molecule has 0 amide bonds. The van der Waals surface area contributed by atoms with Crippen molar-refractivity contribution in [2.24, 2.45) is 0 Å². The van der Waals surface area contributed by atoms with Gasteiger partial charge in [-0.05, 0) is 30.7 Å². The Balaban J connectivity index is 1.69. The summed E-state index contributed by atoms with van der Waals surface area (Å²) in [5, 5.41) is 9.93. The van der Waals surface area contributed by atoms with Gasteiger partial charge in [-0.3, -0.25) is 5.10 Å². The van der Waals surface area contributed by atoms with Gasteiger partial charge in [0.05, 0.1) is 16.0 Å². The van der Waals surface area contributed by atoms with E-state index >= 15 is 0 Å². The summed E-state index contributed by atoms with van der Waals surface area (Å²) in [6.45, 7) is 1.70. The van der Waals surface area contributed by atoms with Gasteiger partial charge in [0.25, 0.3) is 0 Å². The quantitative estimate of drug-likeness (QED) is 0.453. The largest absolute Gasteiger partial charge is 0.383 e. The van der Waals surface area contributed by atoms with Crippen LogP contribution in [0, 0.1) is 18.6 Å². The number of rotatable bonds is 4. The predicted molar refractivity (Wildman–Crippen MR) is 109 cm³/mol. The van der Waals surface area contributed by atoms with Gasteiger partial charge < -0.3 is 11.1 Å². The molecule has 4 aromatic rings. The van der Waals surface area contributed by atoms with Crippen LogP contribution in [0.15, 0.2) is 41.4 Å². The van der Waals surface area contributed by atoms with Gasteiger partial charge >= 0.3 is 0 Å². The average molecular weight is 430 g/mol. The lowest BCUT2D eigenvalue weighted by Crippen LogP contribution is -2.04.